The molecule has 17 heavy (non-hydrogen) atoms. The lowest BCUT2D eigenvalue weighted by molar-refractivity contribution is 0.0928. The van der Waals surface area contributed by atoms with E-state index in [1.807, 2.05) is 6.07 Å². The zero-order valence-corrected chi connectivity index (χ0v) is 10.6. The molecule has 4 nitrogen and oxygen atoms in total. The first-order chi connectivity index (χ1) is 8.21. The Morgan fingerprint density at radius 2 is 2.24 bits per heavy atom. The number of hydrogen-bond acceptors (Lipinski definition) is 3. The smallest absolute Gasteiger partial charge is 0.270 e. The zero-order valence-electron chi connectivity index (χ0n) is 10.6. The van der Waals surface area contributed by atoms with E-state index >= 15 is 0 Å². The second-order valence-corrected chi connectivity index (χ2v) is 4.12. The van der Waals surface area contributed by atoms with Gasteiger partial charge in [-0.05, 0) is 24.5 Å². The molecule has 1 amide bonds. The summed E-state index contributed by atoms with van der Waals surface area (Å²) in [6, 6.07) is 3.79. The van der Waals surface area contributed by atoms with Gasteiger partial charge in [0.25, 0.3) is 5.91 Å². The van der Waals surface area contributed by atoms with Crippen LogP contribution in [0.4, 0.5) is 0 Å². The predicted octanol–water partition coefficient (Wildman–Crippen LogP) is 1.85. The second-order valence-electron chi connectivity index (χ2n) is 4.12. The first-order valence-electron chi connectivity index (χ1n) is 6.17. The molecule has 1 unspecified atom stereocenters. The van der Waals surface area contributed by atoms with Gasteiger partial charge in [-0.2, -0.15) is 0 Å². The molecule has 0 bridgehead atoms. The third-order valence-electron chi connectivity index (χ3n) is 2.76. The number of nitrogens with zero attached hydrogens (tertiary/aromatic N) is 1. The first-order valence-corrected chi connectivity index (χ1v) is 6.17. The monoisotopic (exact) mass is 235 g/mol. The topological polar surface area (TPSA) is 68.0 Å². The van der Waals surface area contributed by atoms with Crippen molar-refractivity contribution >= 4 is 5.91 Å². The molecule has 0 radical (unpaired) electrons. The molecule has 0 saturated heterocycles. The zero-order chi connectivity index (χ0) is 12.7. The van der Waals surface area contributed by atoms with Crippen molar-refractivity contribution in [1.82, 2.24) is 10.3 Å². The van der Waals surface area contributed by atoms with Gasteiger partial charge in [0.2, 0.25) is 0 Å². The minimum atomic E-state index is -0.103. The highest BCUT2D eigenvalue weighted by Gasteiger charge is 2.12. The number of rotatable bonds is 6. The molecule has 0 fully saturated rings. The Balaban J connectivity index is 2.62. The Hall–Kier alpha value is -1.42. The van der Waals surface area contributed by atoms with Gasteiger partial charge in [0, 0.05) is 18.8 Å². The molecule has 1 atom stereocenters. The normalized spacial score (nSPS) is 12.2. The van der Waals surface area contributed by atoms with Crippen molar-refractivity contribution in [3.63, 3.8) is 0 Å². The van der Waals surface area contributed by atoms with Crippen LogP contribution >= 0.6 is 0 Å². The van der Waals surface area contributed by atoms with E-state index in [9.17, 15) is 4.79 Å². The largest absolute Gasteiger partial charge is 0.348 e. The average Bonchev–Trinajstić information content (AvgIpc) is 2.38. The fraction of sp³-hybridized carbons (Fsp3) is 0.538. The summed E-state index contributed by atoms with van der Waals surface area (Å²) in [6.45, 7) is 4.64. The molecule has 0 saturated carbocycles. The molecule has 1 aromatic rings. The van der Waals surface area contributed by atoms with E-state index in [2.05, 4.69) is 24.1 Å². The summed E-state index contributed by atoms with van der Waals surface area (Å²) in [6.07, 6.45) is 4.66. The lowest BCUT2D eigenvalue weighted by Crippen LogP contribution is -2.34. The molecule has 0 aliphatic rings. The van der Waals surface area contributed by atoms with Crippen LogP contribution in [0.3, 0.4) is 0 Å². The van der Waals surface area contributed by atoms with E-state index in [0.717, 1.165) is 24.8 Å². The van der Waals surface area contributed by atoms with Crippen LogP contribution in [-0.2, 0) is 6.54 Å². The molecule has 0 spiro atoms. The van der Waals surface area contributed by atoms with Gasteiger partial charge in [-0.25, -0.2) is 0 Å². The lowest BCUT2D eigenvalue weighted by atomic mass is 10.1. The Kier molecular flexibility index (Phi) is 5.63. The van der Waals surface area contributed by atoms with Crippen molar-refractivity contribution in [2.24, 2.45) is 5.73 Å². The van der Waals surface area contributed by atoms with Gasteiger partial charge < -0.3 is 11.1 Å². The predicted molar refractivity (Wildman–Crippen MR) is 68.6 cm³/mol. The third-order valence-corrected chi connectivity index (χ3v) is 2.76. The van der Waals surface area contributed by atoms with Gasteiger partial charge in [-0.15, -0.1) is 0 Å². The minimum absolute atomic E-state index is 0.103. The third kappa shape index (κ3) is 4.15. The molecule has 1 heterocycles. The summed E-state index contributed by atoms with van der Waals surface area (Å²) in [7, 11) is 0. The number of amides is 1. The van der Waals surface area contributed by atoms with Crippen LogP contribution in [0.1, 0.15) is 49.2 Å². The summed E-state index contributed by atoms with van der Waals surface area (Å²) < 4.78 is 0. The van der Waals surface area contributed by atoms with Crippen molar-refractivity contribution in [1.29, 1.82) is 0 Å². The summed E-state index contributed by atoms with van der Waals surface area (Å²) in [5.41, 5.74) is 6.87. The van der Waals surface area contributed by atoms with Crippen LogP contribution in [0.15, 0.2) is 18.3 Å². The number of pyridine rings is 1. The van der Waals surface area contributed by atoms with Crippen molar-refractivity contribution in [2.45, 2.75) is 45.7 Å². The molecule has 94 valence electrons. The van der Waals surface area contributed by atoms with Gasteiger partial charge in [0.05, 0.1) is 0 Å². The van der Waals surface area contributed by atoms with Crippen LogP contribution in [-0.4, -0.2) is 16.9 Å². The van der Waals surface area contributed by atoms with Gasteiger partial charge >= 0.3 is 0 Å². The summed E-state index contributed by atoms with van der Waals surface area (Å²) in [4.78, 5) is 16.0. The highest BCUT2D eigenvalue weighted by atomic mass is 16.1. The van der Waals surface area contributed by atoms with Crippen LogP contribution in [0.2, 0.25) is 0 Å². The Bertz CT molecular complexity index is 348. The van der Waals surface area contributed by atoms with E-state index in [0.29, 0.717) is 12.2 Å². The van der Waals surface area contributed by atoms with Gasteiger partial charge in [-0.3, -0.25) is 9.78 Å². The maximum absolute atomic E-state index is 11.9. The van der Waals surface area contributed by atoms with Crippen LogP contribution in [0, 0.1) is 0 Å². The average molecular weight is 235 g/mol. The molecular weight excluding hydrogens is 214 g/mol. The number of nitrogens with two attached hydrogens (primary N) is 1. The summed E-state index contributed by atoms with van der Waals surface area (Å²) in [5.74, 6) is -0.103. The molecule has 0 aliphatic carbocycles. The van der Waals surface area contributed by atoms with E-state index in [1.165, 1.54) is 0 Å². The highest BCUT2D eigenvalue weighted by molar-refractivity contribution is 5.92. The van der Waals surface area contributed by atoms with Crippen LogP contribution < -0.4 is 11.1 Å². The number of hydrogen-bond donors (Lipinski definition) is 2. The SMILES string of the molecule is CCCC(CC)NC(=O)c1ccc(CN)cn1. The fourth-order valence-corrected chi connectivity index (χ4v) is 1.67. The molecule has 1 rings (SSSR count). The fourth-order valence-electron chi connectivity index (χ4n) is 1.67. The maximum Gasteiger partial charge on any atom is 0.270 e. The Morgan fingerprint density at radius 3 is 2.71 bits per heavy atom. The lowest BCUT2D eigenvalue weighted by Gasteiger charge is -2.15. The molecule has 3 N–H and O–H groups in total. The number of carbonyl (C=O) groups excluding carboxylic acids is 1. The minimum Gasteiger partial charge on any atom is -0.348 e. The van der Waals surface area contributed by atoms with E-state index in [1.54, 1.807) is 12.3 Å². The van der Waals surface area contributed by atoms with Gasteiger partial charge in [-0.1, -0.05) is 26.3 Å². The molecule has 4 heteroatoms. The van der Waals surface area contributed by atoms with Crippen molar-refractivity contribution in [2.75, 3.05) is 0 Å². The van der Waals surface area contributed by atoms with E-state index in [4.69, 9.17) is 5.73 Å². The molecular formula is C13H21N3O. The molecule has 0 aromatic carbocycles. The first kappa shape index (κ1) is 13.6. The van der Waals surface area contributed by atoms with Gasteiger partial charge in [0.15, 0.2) is 0 Å². The van der Waals surface area contributed by atoms with Crippen molar-refractivity contribution < 1.29 is 4.79 Å². The Labute approximate surface area is 103 Å². The molecule has 0 aliphatic heterocycles. The number of nitrogens with one attached hydrogen (secondary N) is 1. The second kappa shape index (κ2) is 7.01. The maximum atomic E-state index is 11.9. The van der Waals surface area contributed by atoms with Crippen LogP contribution in [0.25, 0.3) is 0 Å². The van der Waals surface area contributed by atoms with E-state index in [-0.39, 0.29) is 11.9 Å². The van der Waals surface area contributed by atoms with Crippen molar-refractivity contribution in [3.05, 3.63) is 29.6 Å². The summed E-state index contributed by atoms with van der Waals surface area (Å²) in [5, 5.41) is 2.99. The standard InChI is InChI=1S/C13H21N3O/c1-3-5-11(4-2)16-13(17)12-7-6-10(8-14)9-15-12/h6-7,9,11H,3-5,8,14H2,1-2H3,(H,16,17). The quantitative estimate of drug-likeness (QED) is 0.790. The molecule has 1 aromatic heterocycles. The van der Waals surface area contributed by atoms with Crippen molar-refractivity contribution in [3.8, 4) is 0 Å². The number of aromatic nitrogens is 1. The van der Waals surface area contributed by atoms with Gasteiger partial charge in [0.1, 0.15) is 5.69 Å². The van der Waals surface area contributed by atoms with E-state index < -0.39 is 0 Å². The number of carbonyl (C=O) groups is 1. The highest BCUT2D eigenvalue weighted by Crippen LogP contribution is 2.04. The summed E-state index contributed by atoms with van der Waals surface area (Å²) >= 11 is 0. The Morgan fingerprint density at radius 1 is 1.47 bits per heavy atom. The van der Waals surface area contributed by atoms with Crippen LogP contribution in [0.5, 0.6) is 0 Å².